The lowest BCUT2D eigenvalue weighted by molar-refractivity contribution is -0.122. The number of hydrogen-bond acceptors (Lipinski definition) is 4. The average molecular weight is 314 g/mol. The minimum atomic E-state index is 0.107. The maximum atomic E-state index is 11.6. The maximum Gasteiger partial charge on any atom is 0.219 e. The molecule has 6 heteroatoms. The summed E-state index contributed by atoms with van der Waals surface area (Å²) in [6.45, 7) is 3.75. The van der Waals surface area contributed by atoms with Crippen molar-refractivity contribution < 1.29 is 19.1 Å². The van der Waals surface area contributed by atoms with Gasteiger partial charge in [-0.1, -0.05) is 12.8 Å². The molecule has 1 heterocycles. The van der Waals surface area contributed by atoms with Gasteiger partial charge >= 0.3 is 0 Å². The van der Waals surface area contributed by atoms with Gasteiger partial charge in [0, 0.05) is 39.1 Å². The lowest BCUT2D eigenvalue weighted by atomic mass is 10.1. The highest BCUT2D eigenvalue weighted by atomic mass is 16.5. The van der Waals surface area contributed by atoms with Gasteiger partial charge in [-0.3, -0.25) is 9.59 Å². The van der Waals surface area contributed by atoms with Crippen molar-refractivity contribution in [1.82, 2.24) is 10.6 Å². The van der Waals surface area contributed by atoms with Crippen LogP contribution in [0.25, 0.3) is 0 Å². The molecule has 0 spiro atoms. The van der Waals surface area contributed by atoms with Crippen molar-refractivity contribution in [3.63, 3.8) is 0 Å². The highest BCUT2D eigenvalue weighted by Crippen LogP contribution is 2.05. The van der Waals surface area contributed by atoms with Gasteiger partial charge in [0.05, 0.1) is 13.2 Å². The first-order valence-electron chi connectivity index (χ1n) is 8.48. The summed E-state index contributed by atoms with van der Waals surface area (Å²) < 4.78 is 10.8. The largest absolute Gasteiger partial charge is 0.379 e. The van der Waals surface area contributed by atoms with Crippen molar-refractivity contribution in [1.29, 1.82) is 0 Å². The van der Waals surface area contributed by atoms with Crippen molar-refractivity contribution in [2.45, 2.75) is 51.4 Å². The van der Waals surface area contributed by atoms with E-state index in [-0.39, 0.29) is 11.8 Å². The van der Waals surface area contributed by atoms with Crippen molar-refractivity contribution in [3.05, 3.63) is 0 Å². The number of hydrogen-bond donors (Lipinski definition) is 2. The number of ether oxygens (including phenoxy) is 2. The topological polar surface area (TPSA) is 76.7 Å². The van der Waals surface area contributed by atoms with Crippen LogP contribution in [0.2, 0.25) is 0 Å². The number of rotatable bonds is 0. The van der Waals surface area contributed by atoms with Crippen molar-refractivity contribution in [2.75, 3.05) is 39.5 Å². The summed E-state index contributed by atoms with van der Waals surface area (Å²) in [5.74, 6) is 0.214. The molecule has 1 saturated heterocycles. The van der Waals surface area contributed by atoms with E-state index in [1.54, 1.807) is 0 Å². The molecule has 128 valence electrons. The highest BCUT2D eigenvalue weighted by molar-refractivity contribution is 5.76. The van der Waals surface area contributed by atoms with E-state index >= 15 is 0 Å². The second-order valence-electron chi connectivity index (χ2n) is 5.55. The van der Waals surface area contributed by atoms with E-state index < -0.39 is 0 Å². The molecule has 2 amide bonds. The van der Waals surface area contributed by atoms with Gasteiger partial charge in [-0.2, -0.15) is 0 Å². The number of amides is 2. The summed E-state index contributed by atoms with van der Waals surface area (Å²) in [6, 6.07) is 0. The van der Waals surface area contributed by atoms with Gasteiger partial charge in [0.1, 0.15) is 0 Å². The Balaban J connectivity index is 2.18. The quantitative estimate of drug-likeness (QED) is 0.708. The summed E-state index contributed by atoms with van der Waals surface area (Å²) in [6.07, 6.45) is 6.58. The predicted molar refractivity (Wildman–Crippen MR) is 84.6 cm³/mol. The van der Waals surface area contributed by atoms with E-state index in [1.165, 1.54) is 0 Å². The molecule has 0 aromatic heterocycles. The van der Waals surface area contributed by atoms with E-state index in [0.29, 0.717) is 52.4 Å². The smallest absolute Gasteiger partial charge is 0.219 e. The molecule has 0 aromatic rings. The Kier molecular flexibility index (Phi) is 11.6. The predicted octanol–water partition coefficient (Wildman–Crippen LogP) is 1.39. The van der Waals surface area contributed by atoms with E-state index in [0.717, 1.165) is 38.5 Å². The van der Waals surface area contributed by atoms with Gasteiger partial charge in [-0.05, 0) is 25.7 Å². The summed E-state index contributed by atoms with van der Waals surface area (Å²) in [7, 11) is 0. The van der Waals surface area contributed by atoms with Crippen LogP contribution < -0.4 is 10.6 Å². The zero-order valence-electron chi connectivity index (χ0n) is 13.5. The Morgan fingerprint density at radius 3 is 1.50 bits per heavy atom. The van der Waals surface area contributed by atoms with Crippen molar-refractivity contribution in [2.24, 2.45) is 0 Å². The van der Waals surface area contributed by atoms with Crippen molar-refractivity contribution in [3.8, 4) is 0 Å². The fourth-order valence-electron chi connectivity index (χ4n) is 2.23. The highest BCUT2D eigenvalue weighted by Gasteiger charge is 2.03. The van der Waals surface area contributed by atoms with Crippen LogP contribution in [0.1, 0.15) is 51.4 Å². The Morgan fingerprint density at radius 2 is 1.05 bits per heavy atom. The molecule has 1 rings (SSSR count). The Labute approximate surface area is 133 Å². The molecule has 0 radical (unpaired) electrons. The molecule has 0 unspecified atom stereocenters. The summed E-state index contributed by atoms with van der Waals surface area (Å²) >= 11 is 0. The fourth-order valence-corrected chi connectivity index (χ4v) is 2.23. The van der Waals surface area contributed by atoms with E-state index in [1.807, 2.05) is 0 Å². The molecule has 1 aliphatic heterocycles. The molecule has 0 bridgehead atoms. The second kappa shape index (κ2) is 13.5. The molecule has 2 N–H and O–H groups in total. The van der Waals surface area contributed by atoms with E-state index in [4.69, 9.17) is 9.47 Å². The Bertz CT molecular complexity index is 281. The molecular weight excluding hydrogens is 284 g/mol. The van der Waals surface area contributed by atoms with Crippen molar-refractivity contribution >= 4 is 11.8 Å². The van der Waals surface area contributed by atoms with Gasteiger partial charge < -0.3 is 20.1 Å². The maximum absolute atomic E-state index is 11.6. The van der Waals surface area contributed by atoms with Crippen LogP contribution in [-0.4, -0.2) is 51.3 Å². The third kappa shape index (κ3) is 11.5. The molecular formula is C16H30N2O4. The van der Waals surface area contributed by atoms with Gasteiger partial charge in [-0.25, -0.2) is 0 Å². The van der Waals surface area contributed by atoms with Crippen LogP contribution >= 0.6 is 0 Å². The normalized spacial score (nSPS) is 22.4. The van der Waals surface area contributed by atoms with Crippen LogP contribution in [0.15, 0.2) is 0 Å². The van der Waals surface area contributed by atoms with E-state index in [9.17, 15) is 9.59 Å². The first kappa shape index (κ1) is 18.9. The zero-order valence-corrected chi connectivity index (χ0v) is 13.5. The lowest BCUT2D eigenvalue weighted by Crippen LogP contribution is -2.25. The Morgan fingerprint density at radius 1 is 0.591 bits per heavy atom. The summed E-state index contributed by atoms with van der Waals surface area (Å²) in [4.78, 5) is 23.2. The minimum absolute atomic E-state index is 0.107. The molecule has 0 saturated carbocycles. The molecule has 0 aromatic carbocycles. The molecule has 1 aliphatic rings. The SMILES string of the molecule is O=C1CCCCCCC(=O)NCCCOCCOCCCN1. The van der Waals surface area contributed by atoms with Gasteiger partial charge in [0.15, 0.2) is 0 Å². The standard InChI is InChI=1S/C16H30N2O4/c19-15-7-3-1-2-4-8-16(20)18-10-6-12-22-14-13-21-11-5-9-17-15/h1-14H2,(H,17,19)(H,18,20). The molecule has 0 atom stereocenters. The fraction of sp³-hybridized carbons (Fsp3) is 0.875. The minimum Gasteiger partial charge on any atom is -0.379 e. The Hall–Kier alpha value is -1.14. The first-order chi connectivity index (χ1) is 10.8. The first-order valence-corrected chi connectivity index (χ1v) is 8.48. The summed E-state index contributed by atoms with van der Waals surface area (Å²) in [5.41, 5.74) is 0. The summed E-state index contributed by atoms with van der Waals surface area (Å²) in [5, 5.41) is 5.80. The van der Waals surface area contributed by atoms with Crippen LogP contribution in [0, 0.1) is 0 Å². The van der Waals surface area contributed by atoms with Gasteiger partial charge in [0.2, 0.25) is 11.8 Å². The zero-order chi connectivity index (χ0) is 15.9. The molecule has 1 fully saturated rings. The second-order valence-corrected chi connectivity index (χ2v) is 5.55. The molecule has 22 heavy (non-hydrogen) atoms. The number of carbonyl (C=O) groups excluding carboxylic acids is 2. The monoisotopic (exact) mass is 314 g/mol. The number of carbonyl (C=O) groups is 2. The van der Waals surface area contributed by atoms with Crippen LogP contribution in [0.4, 0.5) is 0 Å². The van der Waals surface area contributed by atoms with Crippen LogP contribution in [0.3, 0.4) is 0 Å². The lowest BCUT2D eigenvalue weighted by Gasteiger charge is -2.09. The van der Waals surface area contributed by atoms with Crippen LogP contribution in [0.5, 0.6) is 0 Å². The third-order valence-electron chi connectivity index (χ3n) is 3.50. The van der Waals surface area contributed by atoms with Crippen LogP contribution in [-0.2, 0) is 19.1 Å². The van der Waals surface area contributed by atoms with Gasteiger partial charge in [0.25, 0.3) is 0 Å². The molecule has 0 aliphatic carbocycles. The third-order valence-corrected chi connectivity index (χ3v) is 3.50. The van der Waals surface area contributed by atoms with E-state index in [2.05, 4.69) is 10.6 Å². The molecule has 6 nitrogen and oxygen atoms in total. The van der Waals surface area contributed by atoms with Gasteiger partial charge in [-0.15, -0.1) is 0 Å². The number of nitrogens with one attached hydrogen (secondary N) is 2. The average Bonchev–Trinajstić information content (AvgIpc) is 2.50.